The molecule has 0 saturated carbocycles. The first-order valence-corrected chi connectivity index (χ1v) is 7.20. The lowest BCUT2D eigenvalue weighted by atomic mass is 10.3. The second-order valence-electron chi connectivity index (χ2n) is 3.20. The lowest BCUT2D eigenvalue weighted by Crippen LogP contribution is -2.05. The third kappa shape index (κ3) is 2.72. The number of hydrogen-bond acceptors (Lipinski definition) is 4. The van der Waals surface area contributed by atoms with Gasteiger partial charge in [-0.2, -0.15) is 4.37 Å². The van der Waals surface area contributed by atoms with Gasteiger partial charge in [-0.25, -0.2) is 0 Å². The summed E-state index contributed by atoms with van der Waals surface area (Å²) in [6.45, 7) is 0. The van der Waals surface area contributed by atoms with E-state index in [1.165, 1.54) is 0 Å². The van der Waals surface area contributed by atoms with E-state index >= 15 is 0 Å². The molecule has 1 atom stereocenters. The number of ketones is 1. The number of rotatable bonds is 4. The molecule has 0 fully saturated rings. The van der Waals surface area contributed by atoms with Crippen LogP contribution < -0.4 is 0 Å². The van der Waals surface area contributed by atoms with E-state index in [1.807, 2.05) is 0 Å². The van der Waals surface area contributed by atoms with Crippen molar-refractivity contribution >= 4 is 52.3 Å². The van der Waals surface area contributed by atoms with E-state index in [-0.39, 0.29) is 21.2 Å². The first kappa shape index (κ1) is 12.3. The second-order valence-corrected chi connectivity index (χ2v) is 5.90. The fourth-order valence-electron chi connectivity index (χ4n) is 1.26. The van der Waals surface area contributed by atoms with Gasteiger partial charge in [-0.1, -0.05) is 29.1 Å². The number of Topliss-reactive ketones (excluding diaryl/α,β-unsaturated/α-hetero) is 1. The Kier molecular flexibility index (Phi) is 4.15. The summed E-state index contributed by atoms with van der Waals surface area (Å²) in [5.74, 6) is 6.45. The average Bonchev–Trinajstić information content (AvgIpc) is 2.88. The summed E-state index contributed by atoms with van der Waals surface area (Å²) < 4.78 is 3.83. The largest absolute Gasteiger partial charge is 0.292 e. The van der Waals surface area contributed by atoms with Crippen LogP contribution in [0.3, 0.4) is 0 Å². The molecular formula is C10H7Cl2NOS2. The quantitative estimate of drug-likeness (QED) is 0.628. The molecule has 1 aliphatic rings. The number of carbonyl (C=O) groups excluding carboxylic acids is 1. The van der Waals surface area contributed by atoms with Gasteiger partial charge in [0.15, 0.2) is 10.9 Å². The first-order valence-electron chi connectivity index (χ1n) is 4.62. The van der Waals surface area contributed by atoms with Gasteiger partial charge in [0.2, 0.25) is 0 Å². The molecule has 1 aromatic rings. The number of thioether (sulfide) groups is 1. The zero-order chi connectivity index (χ0) is 11.5. The number of hydrogen-bond donors (Lipinski definition) is 0. The van der Waals surface area contributed by atoms with Crippen LogP contribution in [0.15, 0.2) is 0 Å². The van der Waals surface area contributed by atoms with Crippen LogP contribution in [-0.4, -0.2) is 21.2 Å². The van der Waals surface area contributed by atoms with E-state index in [9.17, 15) is 4.79 Å². The molecular weight excluding hydrogens is 285 g/mol. The molecule has 0 aliphatic heterocycles. The molecule has 0 saturated heterocycles. The van der Waals surface area contributed by atoms with Crippen LogP contribution in [0.5, 0.6) is 0 Å². The molecule has 1 heterocycles. The maximum absolute atomic E-state index is 11.8. The van der Waals surface area contributed by atoms with Crippen LogP contribution in [0, 0.1) is 11.8 Å². The summed E-state index contributed by atoms with van der Waals surface area (Å²) in [7, 11) is 0. The van der Waals surface area contributed by atoms with Crippen molar-refractivity contribution in [3.05, 3.63) is 15.1 Å². The van der Waals surface area contributed by atoms with Gasteiger partial charge in [-0.15, -0.1) is 17.7 Å². The molecule has 2 rings (SSSR count). The average molecular weight is 292 g/mol. The fourth-order valence-corrected chi connectivity index (χ4v) is 3.47. The highest BCUT2D eigenvalue weighted by Crippen LogP contribution is 2.30. The maximum Gasteiger partial charge on any atom is 0.185 e. The van der Waals surface area contributed by atoms with Gasteiger partial charge >= 0.3 is 0 Å². The first-order chi connectivity index (χ1) is 7.68. The van der Waals surface area contributed by atoms with Crippen molar-refractivity contribution in [3.63, 3.8) is 0 Å². The Morgan fingerprint density at radius 3 is 3.00 bits per heavy atom. The van der Waals surface area contributed by atoms with Crippen LogP contribution in [0.25, 0.3) is 0 Å². The molecule has 0 N–H and O–H groups in total. The number of aromatic nitrogens is 1. The van der Waals surface area contributed by atoms with Crippen molar-refractivity contribution < 1.29 is 4.79 Å². The Labute approximate surface area is 112 Å². The standard InChI is InChI=1S/C10H7Cl2NOS2/c11-8-9(16-13-10(8)12)7(14)5-15-6-3-1-2-4-6/h6H,1,3,5H2. The minimum atomic E-state index is -0.0203. The molecule has 1 aromatic heterocycles. The molecule has 0 radical (unpaired) electrons. The summed E-state index contributed by atoms with van der Waals surface area (Å²) in [6.07, 6.45) is 1.94. The van der Waals surface area contributed by atoms with E-state index in [0.717, 1.165) is 24.4 Å². The van der Waals surface area contributed by atoms with E-state index in [2.05, 4.69) is 16.2 Å². The molecule has 1 aliphatic carbocycles. The van der Waals surface area contributed by atoms with Crippen molar-refractivity contribution in [2.75, 3.05) is 5.75 Å². The lowest BCUT2D eigenvalue weighted by molar-refractivity contribution is 0.102. The molecule has 84 valence electrons. The van der Waals surface area contributed by atoms with Gasteiger partial charge in [0.05, 0.1) is 11.0 Å². The van der Waals surface area contributed by atoms with Gasteiger partial charge < -0.3 is 0 Å². The summed E-state index contributed by atoms with van der Waals surface area (Å²) in [4.78, 5) is 12.2. The van der Waals surface area contributed by atoms with Gasteiger partial charge in [0.1, 0.15) is 9.90 Å². The minimum absolute atomic E-state index is 0.0203. The van der Waals surface area contributed by atoms with Gasteiger partial charge in [0, 0.05) is 6.42 Å². The second kappa shape index (κ2) is 5.42. The van der Waals surface area contributed by atoms with Crippen molar-refractivity contribution in [1.82, 2.24) is 4.37 Å². The summed E-state index contributed by atoms with van der Waals surface area (Å²) >= 11 is 14.2. The number of nitrogens with zero attached hydrogens (tertiary/aromatic N) is 1. The van der Waals surface area contributed by atoms with Crippen LogP contribution in [-0.2, 0) is 0 Å². The Morgan fingerprint density at radius 1 is 1.62 bits per heavy atom. The monoisotopic (exact) mass is 291 g/mol. The topological polar surface area (TPSA) is 30.0 Å². The Morgan fingerprint density at radius 2 is 2.44 bits per heavy atom. The third-order valence-electron chi connectivity index (χ3n) is 2.06. The highest BCUT2D eigenvalue weighted by atomic mass is 35.5. The van der Waals surface area contributed by atoms with Crippen LogP contribution in [0.1, 0.15) is 22.5 Å². The van der Waals surface area contributed by atoms with Crippen molar-refractivity contribution in [1.29, 1.82) is 0 Å². The van der Waals surface area contributed by atoms with Gasteiger partial charge in [-0.05, 0) is 18.0 Å². The molecule has 0 aromatic carbocycles. The normalized spacial score (nSPS) is 18.2. The smallest absolute Gasteiger partial charge is 0.185 e. The zero-order valence-electron chi connectivity index (χ0n) is 8.13. The zero-order valence-corrected chi connectivity index (χ0v) is 11.3. The Hall–Kier alpha value is -0.210. The highest BCUT2D eigenvalue weighted by Gasteiger charge is 2.19. The fraction of sp³-hybridized carbons (Fsp3) is 0.400. The Bertz CT molecular complexity index is 475. The van der Waals surface area contributed by atoms with Crippen molar-refractivity contribution in [2.24, 2.45) is 0 Å². The molecule has 6 heteroatoms. The number of halogens is 2. The molecule has 1 unspecified atom stereocenters. The molecule has 0 amide bonds. The number of carbonyl (C=O) groups is 1. The molecule has 0 bridgehead atoms. The third-order valence-corrected chi connectivity index (χ3v) is 5.08. The van der Waals surface area contributed by atoms with E-state index in [1.54, 1.807) is 11.8 Å². The highest BCUT2D eigenvalue weighted by molar-refractivity contribution is 8.00. The van der Waals surface area contributed by atoms with Crippen LogP contribution in [0.2, 0.25) is 10.2 Å². The summed E-state index contributed by atoms with van der Waals surface area (Å²) in [5.41, 5.74) is 0. The van der Waals surface area contributed by atoms with Crippen LogP contribution in [0.4, 0.5) is 0 Å². The molecule has 16 heavy (non-hydrogen) atoms. The van der Waals surface area contributed by atoms with Gasteiger partial charge in [0.25, 0.3) is 0 Å². The SMILES string of the molecule is O=C(CSC1C#CCC1)c1snc(Cl)c1Cl. The van der Waals surface area contributed by atoms with E-state index in [0.29, 0.717) is 10.6 Å². The van der Waals surface area contributed by atoms with Crippen molar-refractivity contribution in [2.45, 2.75) is 18.1 Å². The minimum Gasteiger partial charge on any atom is -0.292 e. The van der Waals surface area contributed by atoms with Gasteiger partial charge in [-0.3, -0.25) is 4.79 Å². The predicted molar refractivity (Wildman–Crippen MR) is 69.7 cm³/mol. The van der Waals surface area contributed by atoms with E-state index in [4.69, 9.17) is 23.2 Å². The van der Waals surface area contributed by atoms with E-state index < -0.39 is 0 Å². The predicted octanol–water partition coefficient (Wildman–Crippen LogP) is 3.53. The summed E-state index contributed by atoms with van der Waals surface area (Å²) in [5, 5.41) is 0.765. The lowest BCUT2D eigenvalue weighted by Gasteiger charge is -2.03. The molecule has 2 nitrogen and oxygen atoms in total. The summed E-state index contributed by atoms with van der Waals surface area (Å²) in [6, 6.07) is 0. The maximum atomic E-state index is 11.8. The van der Waals surface area contributed by atoms with Crippen molar-refractivity contribution in [3.8, 4) is 11.8 Å². The van der Waals surface area contributed by atoms with Crippen LogP contribution >= 0.6 is 46.5 Å². The Balaban J connectivity index is 1.93. The molecule has 0 spiro atoms.